The van der Waals surface area contributed by atoms with E-state index in [-0.39, 0.29) is 0 Å². The van der Waals surface area contributed by atoms with Gasteiger partial charge in [-0.1, -0.05) is 44.8 Å². The Bertz CT molecular complexity index is 381. The van der Waals surface area contributed by atoms with Crippen molar-refractivity contribution >= 4 is 0 Å². The van der Waals surface area contributed by atoms with Crippen LogP contribution in [0.15, 0.2) is 12.2 Å². The van der Waals surface area contributed by atoms with Gasteiger partial charge in [0.15, 0.2) is 0 Å². The third kappa shape index (κ3) is 5.82. The predicted molar refractivity (Wildman–Crippen MR) is 105 cm³/mol. The van der Waals surface area contributed by atoms with E-state index in [2.05, 4.69) is 19.1 Å². The van der Waals surface area contributed by atoms with Crippen LogP contribution < -0.4 is 0 Å². The van der Waals surface area contributed by atoms with Crippen LogP contribution in [0.2, 0.25) is 0 Å². The molecule has 2 saturated carbocycles. The normalized spacial score (nSPS) is 40.4. The number of ether oxygens (including phenoxy) is 2. The molecule has 0 radical (unpaired) electrons. The monoisotopic (exact) mass is 348 g/mol. The molecule has 1 saturated heterocycles. The van der Waals surface area contributed by atoms with Crippen molar-refractivity contribution in [2.75, 3.05) is 13.7 Å². The van der Waals surface area contributed by atoms with Gasteiger partial charge in [-0.25, -0.2) is 0 Å². The Morgan fingerprint density at radius 3 is 2.16 bits per heavy atom. The van der Waals surface area contributed by atoms with Gasteiger partial charge in [-0.15, -0.1) is 0 Å². The molecule has 2 atom stereocenters. The minimum absolute atomic E-state index is 0.382. The average Bonchev–Trinajstić information content (AvgIpc) is 2.68. The van der Waals surface area contributed by atoms with Crippen LogP contribution in [0.3, 0.4) is 0 Å². The summed E-state index contributed by atoms with van der Waals surface area (Å²) >= 11 is 0. The molecule has 0 bridgehead atoms. The van der Waals surface area contributed by atoms with Gasteiger partial charge in [0.2, 0.25) is 0 Å². The summed E-state index contributed by atoms with van der Waals surface area (Å²) in [5, 5.41) is 0. The number of hydrogen-bond donors (Lipinski definition) is 0. The van der Waals surface area contributed by atoms with Crippen molar-refractivity contribution in [1.29, 1.82) is 0 Å². The van der Waals surface area contributed by atoms with Crippen LogP contribution in [-0.2, 0) is 9.47 Å². The molecule has 2 unspecified atom stereocenters. The van der Waals surface area contributed by atoms with Crippen molar-refractivity contribution in [1.82, 2.24) is 0 Å². The molecule has 1 aliphatic heterocycles. The maximum Gasteiger partial charge on any atom is 0.0756 e. The molecule has 2 nitrogen and oxygen atoms in total. The molecule has 0 amide bonds. The van der Waals surface area contributed by atoms with Crippen LogP contribution in [0.4, 0.5) is 0 Å². The summed E-state index contributed by atoms with van der Waals surface area (Å²) in [6.07, 6.45) is 22.0. The summed E-state index contributed by atoms with van der Waals surface area (Å²) in [5.41, 5.74) is 0. The molecular weight excluding hydrogens is 308 g/mol. The predicted octanol–water partition coefficient (Wildman–Crippen LogP) is 6.15. The molecule has 0 aromatic carbocycles. The highest BCUT2D eigenvalue weighted by atomic mass is 16.5. The molecule has 0 spiro atoms. The van der Waals surface area contributed by atoms with Crippen molar-refractivity contribution < 1.29 is 9.47 Å². The molecule has 0 aromatic rings. The summed E-state index contributed by atoms with van der Waals surface area (Å²) in [4.78, 5) is 0. The fourth-order valence-electron chi connectivity index (χ4n) is 5.47. The second-order valence-electron chi connectivity index (χ2n) is 8.94. The Balaban J connectivity index is 1.34. The number of hydrogen-bond acceptors (Lipinski definition) is 2. The van der Waals surface area contributed by atoms with Gasteiger partial charge in [-0.3, -0.25) is 0 Å². The van der Waals surface area contributed by atoms with Crippen LogP contribution in [0.25, 0.3) is 0 Å². The van der Waals surface area contributed by atoms with E-state index in [4.69, 9.17) is 9.47 Å². The second kappa shape index (κ2) is 10.1. The van der Waals surface area contributed by atoms with Gasteiger partial charge in [0.25, 0.3) is 0 Å². The maximum atomic E-state index is 6.24. The van der Waals surface area contributed by atoms with Gasteiger partial charge in [0, 0.05) is 7.11 Å². The molecule has 0 aromatic heterocycles. The first kappa shape index (κ1) is 19.4. The first-order chi connectivity index (χ1) is 12.3. The van der Waals surface area contributed by atoms with E-state index in [1.165, 1.54) is 77.0 Å². The van der Waals surface area contributed by atoms with Crippen molar-refractivity contribution in [3.63, 3.8) is 0 Å². The highest BCUT2D eigenvalue weighted by Gasteiger charge is 2.30. The minimum atomic E-state index is 0.382. The van der Waals surface area contributed by atoms with Gasteiger partial charge in [0.1, 0.15) is 0 Å². The lowest BCUT2D eigenvalue weighted by atomic mass is 9.73. The van der Waals surface area contributed by atoms with Gasteiger partial charge >= 0.3 is 0 Å². The zero-order chi connectivity index (χ0) is 17.5. The smallest absolute Gasteiger partial charge is 0.0756 e. The average molecular weight is 349 g/mol. The molecule has 1 heterocycles. The van der Waals surface area contributed by atoms with E-state index in [9.17, 15) is 0 Å². The van der Waals surface area contributed by atoms with Gasteiger partial charge in [-0.2, -0.15) is 0 Å². The molecule has 144 valence electrons. The van der Waals surface area contributed by atoms with Crippen LogP contribution in [0.5, 0.6) is 0 Å². The molecular formula is C23H40O2. The van der Waals surface area contributed by atoms with E-state index >= 15 is 0 Å². The topological polar surface area (TPSA) is 18.5 Å². The van der Waals surface area contributed by atoms with Crippen LogP contribution >= 0.6 is 0 Å². The lowest BCUT2D eigenvalue weighted by Crippen LogP contribution is -2.31. The third-order valence-corrected chi connectivity index (χ3v) is 7.25. The first-order valence-electron chi connectivity index (χ1n) is 11.1. The highest BCUT2D eigenvalue weighted by Crippen LogP contribution is 2.39. The SMILES string of the molecule is CCCC1CCC(C2CCC(/C=C/C3CCC(OC)CC3)OC2)CC1. The van der Waals surface area contributed by atoms with Gasteiger partial charge in [0.05, 0.1) is 18.8 Å². The maximum absolute atomic E-state index is 6.24. The van der Waals surface area contributed by atoms with Crippen molar-refractivity contribution in [3.05, 3.63) is 12.2 Å². The molecule has 25 heavy (non-hydrogen) atoms. The number of methoxy groups -OCH3 is 1. The summed E-state index contributed by atoms with van der Waals surface area (Å²) in [5.74, 6) is 3.56. The zero-order valence-corrected chi connectivity index (χ0v) is 16.6. The Labute approximate surface area is 155 Å². The molecule has 3 fully saturated rings. The van der Waals surface area contributed by atoms with E-state index in [0.29, 0.717) is 12.2 Å². The van der Waals surface area contributed by atoms with E-state index < -0.39 is 0 Å². The number of allylic oxidation sites excluding steroid dienone is 1. The standard InChI is InChI=1S/C23H40O2/c1-3-4-18-5-10-20(11-6-18)21-12-16-23(25-17-21)15-9-19-7-13-22(24-2)14-8-19/h9,15,18-23H,3-8,10-14,16-17H2,1-2H3/b15-9+. The van der Waals surface area contributed by atoms with Gasteiger partial charge in [-0.05, 0) is 75.0 Å². The van der Waals surface area contributed by atoms with Crippen LogP contribution in [0.1, 0.15) is 84.0 Å². The molecule has 2 heteroatoms. The Morgan fingerprint density at radius 2 is 1.56 bits per heavy atom. The summed E-state index contributed by atoms with van der Waals surface area (Å²) in [6, 6.07) is 0. The largest absolute Gasteiger partial charge is 0.381 e. The summed E-state index contributed by atoms with van der Waals surface area (Å²) in [6.45, 7) is 3.34. The lowest BCUT2D eigenvalue weighted by molar-refractivity contribution is -0.0171. The molecule has 2 aliphatic carbocycles. The Kier molecular flexibility index (Phi) is 7.86. The summed E-state index contributed by atoms with van der Waals surface area (Å²) < 4.78 is 11.7. The van der Waals surface area contributed by atoms with Crippen LogP contribution in [0, 0.1) is 23.7 Å². The Hall–Kier alpha value is -0.340. The lowest BCUT2D eigenvalue weighted by Gasteiger charge is -2.37. The fraction of sp³-hybridized carbons (Fsp3) is 0.913. The van der Waals surface area contributed by atoms with E-state index in [0.717, 1.165) is 30.3 Å². The summed E-state index contributed by atoms with van der Waals surface area (Å²) in [7, 11) is 1.85. The van der Waals surface area contributed by atoms with Crippen molar-refractivity contribution in [2.45, 2.75) is 96.2 Å². The third-order valence-electron chi connectivity index (χ3n) is 7.25. The van der Waals surface area contributed by atoms with Crippen LogP contribution in [-0.4, -0.2) is 25.9 Å². The number of rotatable bonds is 6. The molecule has 3 rings (SSSR count). The quantitative estimate of drug-likeness (QED) is 0.536. The fourth-order valence-corrected chi connectivity index (χ4v) is 5.47. The Morgan fingerprint density at radius 1 is 0.840 bits per heavy atom. The highest BCUT2D eigenvalue weighted by molar-refractivity contribution is 4.97. The second-order valence-corrected chi connectivity index (χ2v) is 8.94. The van der Waals surface area contributed by atoms with E-state index in [1.54, 1.807) is 0 Å². The molecule has 0 N–H and O–H groups in total. The first-order valence-corrected chi connectivity index (χ1v) is 11.1. The van der Waals surface area contributed by atoms with E-state index in [1.807, 2.05) is 7.11 Å². The zero-order valence-electron chi connectivity index (χ0n) is 16.6. The molecule has 3 aliphatic rings. The van der Waals surface area contributed by atoms with Crippen molar-refractivity contribution in [3.8, 4) is 0 Å². The van der Waals surface area contributed by atoms with Crippen molar-refractivity contribution in [2.24, 2.45) is 23.7 Å². The van der Waals surface area contributed by atoms with Gasteiger partial charge < -0.3 is 9.47 Å². The minimum Gasteiger partial charge on any atom is -0.381 e.